The van der Waals surface area contributed by atoms with Crippen LogP contribution in [0, 0.1) is 5.92 Å². The van der Waals surface area contributed by atoms with Crippen molar-refractivity contribution in [3.8, 4) is 5.75 Å². The van der Waals surface area contributed by atoms with Crippen LogP contribution in [0.5, 0.6) is 5.75 Å². The maximum absolute atomic E-state index is 6.10. The first kappa shape index (κ1) is 16.6. The zero-order valence-corrected chi connectivity index (χ0v) is 14.0. The normalized spacial score (nSPS) is 19.2. The van der Waals surface area contributed by atoms with Crippen LogP contribution in [-0.2, 0) is 0 Å². The Kier molecular flexibility index (Phi) is 6.85. The Hall–Kier alpha value is -0.730. The molecule has 118 valence electrons. The summed E-state index contributed by atoms with van der Waals surface area (Å²) >= 11 is 6.03. The highest BCUT2D eigenvalue weighted by atomic mass is 35.5. The second kappa shape index (κ2) is 8.65. The SMILES string of the molecule is CCNC(CC1CCCCC1)C(C)Oc1cccc(Cl)c1. The molecule has 0 aliphatic heterocycles. The molecular weight excluding hydrogens is 282 g/mol. The lowest BCUT2D eigenvalue weighted by atomic mass is 9.84. The fraction of sp³-hybridized carbons (Fsp3) is 0.667. The first-order chi connectivity index (χ1) is 10.2. The third kappa shape index (κ3) is 5.52. The second-order valence-electron chi connectivity index (χ2n) is 6.18. The van der Waals surface area contributed by atoms with Crippen molar-refractivity contribution < 1.29 is 4.74 Å². The summed E-state index contributed by atoms with van der Waals surface area (Å²) in [5.41, 5.74) is 0. The number of ether oxygens (including phenoxy) is 1. The molecule has 0 spiro atoms. The molecule has 1 aromatic rings. The van der Waals surface area contributed by atoms with Gasteiger partial charge >= 0.3 is 0 Å². The van der Waals surface area contributed by atoms with E-state index >= 15 is 0 Å². The number of hydrogen-bond acceptors (Lipinski definition) is 2. The molecule has 1 saturated carbocycles. The number of rotatable bonds is 7. The van der Waals surface area contributed by atoms with Crippen molar-refractivity contribution in [1.82, 2.24) is 5.32 Å². The molecule has 2 unspecified atom stereocenters. The lowest BCUT2D eigenvalue weighted by Gasteiger charge is -2.31. The standard InChI is InChI=1S/C18H28ClNO/c1-3-20-18(12-15-8-5-4-6-9-15)14(2)21-17-11-7-10-16(19)13-17/h7,10-11,13-15,18,20H,3-6,8-9,12H2,1-2H3. The van der Waals surface area contributed by atoms with Crippen molar-refractivity contribution in [2.75, 3.05) is 6.54 Å². The van der Waals surface area contributed by atoms with E-state index in [1.54, 1.807) is 0 Å². The van der Waals surface area contributed by atoms with Crippen molar-refractivity contribution in [2.24, 2.45) is 5.92 Å². The minimum atomic E-state index is 0.158. The molecule has 2 nitrogen and oxygen atoms in total. The van der Waals surface area contributed by atoms with Gasteiger partial charge in [-0.25, -0.2) is 0 Å². The monoisotopic (exact) mass is 309 g/mol. The molecule has 21 heavy (non-hydrogen) atoms. The van der Waals surface area contributed by atoms with Gasteiger partial charge in [0.15, 0.2) is 0 Å². The van der Waals surface area contributed by atoms with Gasteiger partial charge in [-0.2, -0.15) is 0 Å². The summed E-state index contributed by atoms with van der Waals surface area (Å²) in [6.45, 7) is 5.32. The largest absolute Gasteiger partial charge is 0.489 e. The summed E-state index contributed by atoms with van der Waals surface area (Å²) in [6.07, 6.45) is 8.34. The number of benzene rings is 1. The number of nitrogens with one attached hydrogen (secondary N) is 1. The van der Waals surface area contributed by atoms with Gasteiger partial charge in [0, 0.05) is 11.1 Å². The molecule has 1 N–H and O–H groups in total. The molecular formula is C18H28ClNO. The number of likely N-dealkylation sites (N-methyl/N-ethyl adjacent to an activating group) is 1. The van der Waals surface area contributed by atoms with Gasteiger partial charge in [-0.05, 0) is 44.0 Å². The van der Waals surface area contributed by atoms with Crippen LogP contribution in [0.15, 0.2) is 24.3 Å². The first-order valence-electron chi connectivity index (χ1n) is 8.34. The fourth-order valence-corrected chi connectivity index (χ4v) is 3.50. The highest BCUT2D eigenvalue weighted by Gasteiger charge is 2.23. The zero-order valence-electron chi connectivity index (χ0n) is 13.3. The predicted molar refractivity (Wildman–Crippen MR) is 90.2 cm³/mol. The first-order valence-corrected chi connectivity index (χ1v) is 8.72. The van der Waals surface area contributed by atoms with Crippen LogP contribution in [-0.4, -0.2) is 18.7 Å². The molecule has 0 amide bonds. The van der Waals surface area contributed by atoms with Crippen LogP contribution in [0.4, 0.5) is 0 Å². The molecule has 0 saturated heterocycles. The maximum Gasteiger partial charge on any atom is 0.121 e. The average Bonchev–Trinajstić information content (AvgIpc) is 2.48. The van der Waals surface area contributed by atoms with Gasteiger partial charge in [-0.1, -0.05) is 56.7 Å². The summed E-state index contributed by atoms with van der Waals surface area (Å²) < 4.78 is 6.10. The van der Waals surface area contributed by atoms with E-state index in [1.165, 1.54) is 38.5 Å². The van der Waals surface area contributed by atoms with Gasteiger partial charge in [0.05, 0.1) is 0 Å². The number of hydrogen-bond donors (Lipinski definition) is 1. The number of halogens is 1. The lowest BCUT2D eigenvalue weighted by molar-refractivity contribution is 0.146. The molecule has 0 heterocycles. The Labute approximate surface area is 134 Å². The molecule has 2 rings (SSSR count). The van der Waals surface area contributed by atoms with Crippen molar-refractivity contribution in [2.45, 2.75) is 64.5 Å². The summed E-state index contributed by atoms with van der Waals surface area (Å²) in [5, 5.41) is 4.34. The topological polar surface area (TPSA) is 21.3 Å². The van der Waals surface area contributed by atoms with E-state index in [9.17, 15) is 0 Å². The Balaban J connectivity index is 1.92. The predicted octanol–water partition coefficient (Wildman–Crippen LogP) is 5.06. The third-order valence-electron chi connectivity index (χ3n) is 4.46. The summed E-state index contributed by atoms with van der Waals surface area (Å²) in [5.74, 6) is 1.72. The van der Waals surface area contributed by atoms with Gasteiger partial charge < -0.3 is 10.1 Å². The van der Waals surface area contributed by atoms with E-state index in [4.69, 9.17) is 16.3 Å². The van der Waals surface area contributed by atoms with Crippen molar-refractivity contribution in [3.63, 3.8) is 0 Å². The molecule has 1 aliphatic carbocycles. The average molecular weight is 310 g/mol. The Bertz CT molecular complexity index is 417. The highest BCUT2D eigenvalue weighted by Crippen LogP contribution is 2.29. The van der Waals surface area contributed by atoms with Gasteiger partial charge in [-0.3, -0.25) is 0 Å². The Morgan fingerprint density at radius 2 is 2.05 bits per heavy atom. The molecule has 1 aliphatic rings. The summed E-state index contributed by atoms with van der Waals surface area (Å²) in [4.78, 5) is 0. The third-order valence-corrected chi connectivity index (χ3v) is 4.70. The second-order valence-corrected chi connectivity index (χ2v) is 6.62. The molecule has 1 fully saturated rings. The van der Waals surface area contributed by atoms with Gasteiger partial charge in [0.25, 0.3) is 0 Å². The molecule has 3 heteroatoms. The lowest BCUT2D eigenvalue weighted by Crippen LogP contribution is -2.42. The van der Waals surface area contributed by atoms with E-state index < -0.39 is 0 Å². The van der Waals surface area contributed by atoms with Crippen LogP contribution in [0.1, 0.15) is 52.4 Å². The van der Waals surface area contributed by atoms with Crippen LogP contribution in [0.2, 0.25) is 5.02 Å². The summed E-state index contributed by atoms with van der Waals surface area (Å²) in [7, 11) is 0. The van der Waals surface area contributed by atoms with Crippen molar-refractivity contribution in [3.05, 3.63) is 29.3 Å². The smallest absolute Gasteiger partial charge is 0.121 e. The Morgan fingerprint density at radius 3 is 2.71 bits per heavy atom. The summed E-state index contributed by atoms with van der Waals surface area (Å²) in [6, 6.07) is 8.10. The van der Waals surface area contributed by atoms with Crippen LogP contribution in [0.25, 0.3) is 0 Å². The van der Waals surface area contributed by atoms with Gasteiger partial charge in [0.2, 0.25) is 0 Å². The highest BCUT2D eigenvalue weighted by molar-refractivity contribution is 6.30. The maximum atomic E-state index is 6.10. The van der Waals surface area contributed by atoms with Crippen LogP contribution >= 0.6 is 11.6 Å². The van der Waals surface area contributed by atoms with E-state index in [0.29, 0.717) is 6.04 Å². The molecule has 0 radical (unpaired) electrons. The van der Waals surface area contributed by atoms with E-state index in [2.05, 4.69) is 19.2 Å². The van der Waals surface area contributed by atoms with Gasteiger partial charge in [0.1, 0.15) is 11.9 Å². The Morgan fingerprint density at radius 1 is 1.29 bits per heavy atom. The van der Waals surface area contributed by atoms with Gasteiger partial charge in [-0.15, -0.1) is 0 Å². The minimum absolute atomic E-state index is 0.158. The van der Waals surface area contributed by atoms with E-state index in [-0.39, 0.29) is 6.10 Å². The minimum Gasteiger partial charge on any atom is -0.489 e. The van der Waals surface area contributed by atoms with Crippen LogP contribution < -0.4 is 10.1 Å². The van der Waals surface area contributed by atoms with E-state index in [1.807, 2.05) is 24.3 Å². The zero-order chi connectivity index (χ0) is 15.1. The quantitative estimate of drug-likeness (QED) is 0.760. The van der Waals surface area contributed by atoms with Crippen LogP contribution in [0.3, 0.4) is 0 Å². The molecule has 2 atom stereocenters. The van der Waals surface area contributed by atoms with Crippen molar-refractivity contribution in [1.29, 1.82) is 0 Å². The molecule has 0 aromatic heterocycles. The van der Waals surface area contributed by atoms with E-state index in [0.717, 1.165) is 23.2 Å². The molecule has 0 bridgehead atoms. The fourth-order valence-electron chi connectivity index (χ4n) is 3.32. The molecule has 1 aromatic carbocycles. The van der Waals surface area contributed by atoms with Crippen molar-refractivity contribution >= 4 is 11.6 Å².